The van der Waals surface area contributed by atoms with Gasteiger partial charge in [-0.3, -0.25) is 4.79 Å². The molecular weight excluding hydrogens is 344 g/mol. The van der Waals surface area contributed by atoms with E-state index >= 15 is 0 Å². The van der Waals surface area contributed by atoms with Gasteiger partial charge in [-0.25, -0.2) is 4.79 Å². The number of carbonyl (C=O) groups excluding carboxylic acids is 2. The Morgan fingerprint density at radius 2 is 2.15 bits per heavy atom. The summed E-state index contributed by atoms with van der Waals surface area (Å²) >= 11 is 0. The first-order chi connectivity index (χ1) is 12.9. The van der Waals surface area contributed by atoms with Crippen molar-refractivity contribution in [1.29, 1.82) is 0 Å². The van der Waals surface area contributed by atoms with Crippen LogP contribution in [-0.4, -0.2) is 80.1 Å². The number of urea groups is 1. The summed E-state index contributed by atoms with van der Waals surface area (Å²) in [7, 11) is 3.70. The first-order valence-electron chi connectivity index (χ1n) is 9.55. The number of piperazine rings is 1. The maximum atomic E-state index is 12.5. The quantitative estimate of drug-likeness (QED) is 0.749. The maximum Gasteiger partial charge on any atom is 0.317 e. The largest absolute Gasteiger partial charge is 0.497 e. The molecule has 7 nitrogen and oxygen atoms in total. The molecule has 7 heteroatoms. The van der Waals surface area contributed by atoms with E-state index in [0.29, 0.717) is 32.1 Å². The highest BCUT2D eigenvalue weighted by atomic mass is 16.5. The van der Waals surface area contributed by atoms with Crippen molar-refractivity contribution in [2.45, 2.75) is 20.4 Å². The van der Waals surface area contributed by atoms with Crippen LogP contribution in [0.15, 0.2) is 24.3 Å². The lowest BCUT2D eigenvalue weighted by Crippen LogP contribution is -2.54. The number of amides is 3. The average molecular weight is 377 g/mol. The third kappa shape index (κ3) is 6.43. The fraction of sp³-hybridized carbons (Fsp3) is 0.600. The van der Waals surface area contributed by atoms with Crippen LogP contribution in [0.1, 0.15) is 19.4 Å². The van der Waals surface area contributed by atoms with Gasteiger partial charge in [-0.05, 0) is 37.2 Å². The summed E-state index contributed by atoms with van der Waals surface area (Å²) < 4.78 is 5.23. The maximum absolute atomic E-state index is 12.5. The van der Waals surface area contributed by atoms with Crippen LogP contribution in [0, 0.1) is 5.92 Å². The van der Waals surface area contributed by atoms with Gasteiger partial charge >= 0.3 is 6.03 Å². The molecule has 1 heterocycles. The summed E-state index contributed by atoms with van der Waals surface area (Å²) in [6, 6.07) is 7.55. The third-order valence-corrected chi connectivity index (χ3v) is 4.88. The zero-order chi connectivity index (χ0) is 19.8. The second-order valence-corrected chi connectivity index (χ2v) is 7.23. The minimum absolute atomic E-state index is 0.0296. The predicted molar refractivity (Wildman–Crippen MR) is 106 cm³/mol. The first-order valence-corrected chi connectivity index (χ1v) is 9.55. The molecule has 1 aromatic rings. The molecule has 1 saturated heterocycles. The number of methoxy groups -OCH3 is 1. The Labute approximate surface area is 162 Å². The standard InChI is InChI=1S/C20H32N4O3/c1-5-22(3)13-16(2)12-21-20(26)24-10-9-23(19(25)15-24)14-17-7-6-8-18(11-17)27-4/h6-8,11,16H,5,9-10,12-15H2,1-4H3,(H,21,26)/t16-/m0/s1. The Balaban J connectivity index is 1.79. The van der Waals surface area contributed by atoms with Gasteiger partial charge in [0.1, 0.15) is 12.3 Å². The molecule has 0 aliphatic carbocycles. The van der Waals surface area contributed by atoms with E-state index in [1.807, 2.05) is 24.3 Å². The molecule has 0 spiro atoms. The molecule has 0 bridgehead atoms. The van der Waals surface area contributed by atoms with Crippen LogP contribution in [0.3, 0.4) is 0 Å². The molecule has 0 unspecified atom stereocenters. The Bertz CT molecular complexity index is 637. The lowest BCUT2D eigenvalue weighted by molar-refractivity contribution is -0.135. The molecule has 1 aliphatic rings. The summed E-state index contributed by atoms with van der Waals surface area (Å²) in [6.07, 6.45) is 0. The van der Waals surface area contributed by atoms with Crippen molar-refractivity contribution < 1.29 is 14.3 Å². The molecular formula is C20H32N4O3. The van der Waals surface area contributed by atoms with E-state index in [1.54, 1.807) is 16.9 Å². The van der Waals surface area contributed by atoms with E-state index in [-0.39, 0.29) is 18.5 Å². The van der Waals surface area contributed by atoms with Crippen molar-refractivity contribution in [2.75, 3.05) is 53.4 Å². The molecule has 0 radical (unpaired) electrons. The highest BCUT2D eigenvalue weighted by Crippen LogP contribution is 2.16. The summed E-state index contributed by atoms with van der Waals surface area (Å²) in [6.45, 7) is 8.51. The molecule has 1 atom stereocenters. The van der Waals surface area contributed by atoms with E-state index in [9.17, 15) is 9.59 Å². The number of hydrogen-bond donors (Lipinski definition) is 1. The number of benzene rings is 1. The van der Waals surface area contributed by atoms with Crippen molar-refractivity contribution in [1.82, 2.24) is 20.0 Å². The molecule has 1 aromatic carbocycles. The molecule has 1 aliphatic heterocycles. The number of nitrogens with zero attached hydrogens (tertiary/aromatic N) is 3. The monoisotopic (exact) mass is 376 g/mol. The highest BCUT2D eigenvalue weighted by molar-refractivity contribution is 5.85. The molecule has 1 N–H and O–H groups in total. The van der Waals surface area contributed by atoms with Crippen LogP contribution in [0.2, 0.25) is 0 Å². The van der Waals surface area contributed by atoms with Gasteiger partial charge in [-0.15, -0.1) is 0 Å². The average Bonchev–Trinajstić information content (AvgIpc) is 2.67. The molecule has 150 valence electrons. The van der Waals surface area contributed by atoms with Gasteiger partial charge < -0.3 is 24.8 Å². The molecule has 3 amide bonds. The normalized spacial score (nSPS) is 15.8. The second-order valence-electron chi connectivity index (χ2n) is 7.23. The molecule has 2 rings (SSSR count). The van der Waals surface area contributed by atoms with Gasteiger partial charge in [0.15, 0.2) is 0 Å². The summed E-state index contributed by atoms with van der Waals surface area (Å²) in [5.41, 5.74) is 1.02. The number of hydrogen-bond acceptors (Lipinski definition) is 4. The highest BCUT2D eigenvalue weighted by Gasteiger charge is 2.27. The lowest BCUT2D eigenvalue weighted by atomic mass is 10.1. The summed E-state index contributed by atoms with van der Waals surface area (Å²) in [5.74, 6) is 1.11. The number of rotatable bonds is 8. The van der Waals surface area contributed by atoms with Crippen molar-refractivity contribution >= 4 is 11.9 Å². The smallest absolute Gasteiger partial charge is 0.317 e. The zero-order valence-electron chi connectivity index (χ0n) is 16.9. The predicted octanol–water partition coefficient (Wildman–Crippen LogP) is 1.64. The topological polar surface area (TPSA) is 65.1 Å². The molecule has 1 fully saturated rings. The van der Waals surface area contributed by atoms with Crippen LogP contribution in [0.5, 0.6) is 5.75 Å². The molecule has 0 saturated carbocycles. The van der Waals surface area contributed by atoms with Crippen LogP contribution in [0.4, 0.5) is 4.79 Å². The van der Waals surface area contributed by atoms with E-state index in [2.05, 4.69) is 31.1 Å². The summed E-state index contributed by atoms with van der Waals surface area (Å²) in [5, 5.41) is 2.95. The third-order valence-electron chi connectivity index (χ3n) is 4.88. The lowest BCUT2D eigenvalue weighted by Gasteiger charge is -2.34. The Morgan fingerprint density at radius 1 is 1.37 bits per heavy atom. The minimum Gasteiger partial charge on any atom is -0.497 e. The van der Waals surface area contributed by atoms with Crippen molar-refractivity contribution in [3.05, 3.63) is 29.8 Å². The van der Waals surface area contributed by atoms with Gasteiger partial charge in [0.05, 0.1) is 7.11 Å². The van der Waals surface area contributed by atoms with E-state index in [1.165, 1.54) is 0 Å². The Morgan fingerprint density at radius 3 is 2.81 bits per heavy atom. The zero-order valence-corrected chi connectivity index (χ0v) is 16.9. The van der Waals surface area contributed by atoms with Gasteiger partial charge in [0, 0.05) is 32.7 Å². The minimum atomic E-state index is -0.157. The van der Waals surface area contributed by atoms with E-state index in [4.69, 9.17) is 4.74 Å². The Kier molecular flexibility index (Phi) is 7.91. The van der Waals surface area contributed by atoms with E-state index < -0.39 is 0 Å². The van der Waals surface area contributed by atoms with Crippen LogP contribution in [-0.2, 0) is 11.3 Å². The van der Waals surface area contributed by atoms with Gasteiger partial charge in [-0.1, -0.05) is 26.0 Å². The number of ether oxygens (including phenoxy) is 1. The second kappa shape index (κ2) is 10.2. The fourth-order valence-corrected chi connectivity index (χ4v) is 3.14. The van der Waals surface area contributed by atoms with Crippen molar-refractivity contribution in [2.24, 2.45) is 5.92 Å². The van der Waals surface area contributed by atoms with Crippen molar-refractivity contribution in [3.63, 3.8) is 0 Å². The van der Waals surface area contributed by atoms with Crippen LogP contribution >= 0.6 is 0 Å². The van der Waals surface area contributed by atoms with Gasteiger partial charge in [-0.2, -0.15) is 0 Å². The van der Waals surface area contributed by atoms with Gasteiger partial charge in [0.2, 0.25) is 5.91 Å². The number of carbonyl (C=O) groups is 2. The van der Waals surface area contributed by atoms with Crippen molar-refractivity contribution in [3.8, 4) is 5.75 Å². The number of nitrogens with one attached hydrogen (secondary N) is 1. The van der Waals surface area contributed by atoms with E-state index in [0.717, 1.165) is 24.4 Å². The molecule has 27 heavy (non-hydrogen) atoms. The van der Waals surface area contributed by atoms with Gasteiger partial charge in [0.25, 0.3) is 0 Å². The van der Waals surface area contributed by atoms with Crippen LogP contribution in [0.25, 0.3) is 0 Å². The van der Waals surface area contributed by atoms with Crippen LogP contribution < -0.4 is 10.1 Å². The Hall–Kier alpha value is -2.28. The summed E-state index contributed by atoms with van der Waals surface area (Å²) in [4.78, 5) is 30.4. The first kappa shape index (κ1) is 21.0. The molecule has 0 aromatic heterocycles. The fourth-order valence-electron chi connectivity index (χ4n) is 3.14. The SMILES string of the molecule is CCN(C)C[C@@H](C)CNC(=O)N1CCN(Cc2cccc(OC)c2)C(=O)C1.